The molecule has 0 saturated heterocycles. The summed E-state index contributed by atoms with van der Waals surface area (Å²) in [6, 6.07) is 9.86. The van der Waals surface area contributed by atoms with Crippen molar-refractivity contribution in [1.29, 1.82) is 0 Å². The third-order valence-corrected chi connectivity index (χ3v) is 2.10. The first-order valence-electron chi connectivity index (χ1n) is 4.43. The Bertz CT molecular complexity index is 417. The smallest absolute Gasteiger partial charge is 0.118 e. The maximum absolute atomic E-state index is 5.08. The summed E-state index contributed by atoms with van der Waals surface area (Å²) >= 11 is 0. The highest BCUT2D eigenvalue weighted by Gasteiger charge is 2.00. The molecule has 0 unspecified atom stereocenters. The summed E-state index contributed by atoms with van der Waals surface area (Å²) in [7, 11) is 3.57. The molecule has 0 bridgehead atoms. The molecular formula is C11H12N2O. The summed E-state index contributed by atoms with van der Waals surface area (Å²) in [6.45, 7) is 0. The van der Waals surface area contributed by atoms with Crippen molar-refractivity contribution in [2.45, 2.75) is 0 Å². The summed E-state index contributed by atoms with van der Waals surface area (Å²) in [5.74, 6) is 0.865. The van der Waals surface area contributed by atoms with Gasteiger partial charge in [-0.25, -0.2) is 0 Å². The number of hydrogen-bond acceptors (Lipinski definition) is 2. The topological polar surface area (TPSA) is 27.1 Å². The van der Waals surface area contributed by atoms with Gasteiger partial charge in [0.05, 0.1) is 12.8 Å². The van der Waals surface area contributed by atoms with Crippen molar-refractivity contribution in [2.75, 3.05) is 7.11 Å². The molecule has 1 aromatic carbocycles. The van der Waals surface area contributed by atoms with Crippen LogP contribution in [0.5, 0.6) is 5.75 Å². The van der Waals surface area contributed by atoms with Crippen molar-refractivity contribution in [3.63, 3.8) is 0 Å². The molecule has 0 amide bonds. The van der Waals surface area contributed by atoms with Crippen LogP contribution in [0.1, 0.15) is 0 Å². The van der Waals surface area contributed by atoms with Crippen LogP contribution < -0.4 is 4.74 Å². The molecular weight excluding hydrogens is 176 g/mol. The first kappa shape index (κ1) is 8.81. The molecule has 0 N–H and O–H groups in total. The van der Waals surface area contributed by atoms with Gasteiger partial charge in [-0.05, 0) is 30.3 Å². The molecule has 2 rings (SSSR count). The quantitative estimate of drug-likeness (QED) is 0.721. The van der Waals surface area contributed by atoms with E-state index in [1.165, 1.54) is 0 Å². The van der Waals surface area contributed by atoms with E-state index in [2.05, 4.69) is 5.10 Å². The van der Waals surface area contributed by atoms with E-state index in [1.807, 2.05) is 43.6 Å². The van der Waals surface area contributed by atoms with Gasteiger partial charge >= 0.3 is 0 Å². The summed E-state index contributed by atoms with van der Waals surface area (Å²) in [5, 5.41) is 4.31. The Balaban J connectivity index is 2.33. The molecule has 72 valence electrons. The lowest BCUT2D eigenvalue weighted by atomic mass is 10.1. The van der Waals surface area contributed by atoms with Gasteiger partial charge in [-0.1, -0.05) is 0 Å². The third kappa shape index (κ3) is 1.62. The van der Waals surface area contributed by atoms with Gasteiger partial charge in [-0.3, -0.25) is 4.68 Å². The lowest BCUT2D eigenvalue weighted by Gasteiger charge is -2.00. The van der Waals surface area contributed by atoms with Crippen molar-refractivity contribution >= 4 is 0 Å². The monoisotopic (exact) mass is 188 g/mol. The van der Waals surface area contributed by atoms with E-state index < -0.39 is 0 Å². The highest BCUT2D eigenvalue weighted by molar-refractivity contribution is 5.59. The van der Waals surface area contributed by atoms with Crippen LogP contribution in [0.4, 0.5) is 0 Å². The highest BCUT2D eigenvalue weighted by atomic mass is 16.5. The predicted molar refractivity (Wildman–Crippen MR) is 55.2 cm³/mol. The third-order valence-electron chi connectivity index (χ3n) is 2.10. The normalized spacial score (nSPS) is 10.1. The van der Waals surface area contributed by atoms with E-state index in [9.17, 15) is 0 Å². The number of nitrogens with zero attached hydrogens (tertiary/aromatic N) is 2. The van der Waals surface area contributed by atoms with Gasteiger partial charge in [0, 0.05) is 18.8 Å². The number of benzene rings is 1. The van der Waals surface area contributed by atoms with Crippen molar-refractivity contribution in [3.8, 4) is 17.0 Å². The molecule has 0 aliphatic carbocycles. The van der Waals surface area contributed by atoms with Crippen LogP contribution in [0.2, 0.25) is 0 Å². The standard InChI is InChI=1S/C11H12N2O/c1-13-8-7-11(12-13)9-3-5-10(14-2)6-4-9/h3-8H,1-2H3. The summed E-state index contributed by atoms with van der Waals surface area (Å²) in [4.78, 5) is 0. The fraction of sp³-hybridized carbons (Fsp3) is 0.182. The molecule has 14 heavy (non-hydrogen) atoms. The second-order valence-electron chi connectivity index (χ2n) is 3.10. The Kier molecular flexibility index (Phi) is 2.23. The largest absolute Gasteiger partial charge is 0.497 e. The van der Waals surface area contributed by atoms with Gasteiger partial charge in [0.15, 0.2) is 0 Å². The maximum Gasteiger partial charge on any atom is 0.118 e. The Morgan fingerprint density at radius 1 is 1.14 bits per heavy atom. The minimum atomic E-state index is 0.865. The number of rotatable bonds is 2. The average molecular weight is 188 g/mol. The van der Waals surface area contributed by atoms with E-state index >= 15 is 0 Å². The van der Waals surface area contributed by atoms with Gasteiger partial charge < -0.3 is 4.74 Å². The highest BCUT2D eigenvalue weighted by Crippen LogP contribution is 2.19. The Morgan fingerprint density at radius 3 is 2.36 bits per heavy atom. The maximum atomic E-state index is 5.08. The SMILES string of the molecule is COc1ccc(-c2ccn(C)n2)cc1. The van der Waals surface area contributed by atoms with E-state index in [0.29, 0.717) is 0 Å². The molecule has 1 aromatic heterocycles. The van der Waals surface area contributed by atoms with E-state index in [4.69, 9.17) is 4.74 Å². The van der Waals surface area contributed by atoms with Crippen LogP contribution in [-0.4, -0.2) is 16.9 Å². The van der Waals surface area contributed by atoms with Crippen LogP contribution in [0.25, 0.3) is 11.3 Å². The number of hydrogen-bond donors (Lipinski definition) is 0. The van der Waals surface area contributed by atoms with Crippen LogP contribution >= 0.6 is 0 Å². The van der Waals surface area contributed by atoms with E-state index in [1.54, 1.807) is 11.8 Å². The van der Waals surface area contributed by atoms with Crippen LogP contribution in [0.3, 0.4) is 0 Å². The second kappa shape index (κ2) is 3.54. The minimum Gasteiger partial charge on any atom is -0.497 e. The summed E-state index contributed by atoms with van der Waals surface area (Å²) < 4.78 is 6.88. The summed E-state index contributed by atoms with van der Waals surface area (Å²) in [6.07, 6.45) is 1.93. The number of aromatic nitrogens is 2. The van der Waals surface area contributed by atoms with Crippen molar-refractivity contribution in [2.24, 2.45) is 7.05 Å². The molecule has 0 fully saturated rings. The molecule has 0 spiro atoms. The zero-order valence-corrected chi connectivity index (χ0v) is 8.27. The van der Waals surface area contributed by atoms with Gasteiger partial charge in [-0.15, -0.1) is 0 Å². The fourth-order valence-electron chi connectivity index (χ4n) is 1.33. The van der Waals surface area contributed by atoms with E-state index in [-0.39, 0.29) is 0 Å². The lowest BCUT2D eigenvalue weighted by molar-refractivity contribution is 0.415. The number of ether oxygens (including phenoxy) is 1. The van der Waals surface area contributed by atoms with Gasteiger partial charge in [0.2, 0.25) is 0 Å². The number of methoxy groups -OCH3 is 1. The molecule has 3 nitrogen and oxygen atoms in total. The first-order valence-corrected chi connectivity index (χ1v) is 4.43. The molecule has 1 heterocycles. The molecule has 3 heteroatoms. The van der Waals surface area contributed by atoms with Gasteiger partial charge in [0.25, 0.3) is 0 Å². The average Bonchev–Trinajstić information content (AvgIpc) is 2.65. The first-order chi connectivity index (χ1) is 6.79. The predicted octanol–water partition coefficient (Wildman–Crippen LogP) is 2.10. The van der Waals surface area contributed by atoms with Gasteiger partial charge in [-0.2, -0.15) is 5.10 Å². The molecule has 0 radical (unpaired) electrons. The molecule has 0 aliphatic rings. The van der Waals surface area contributed by atoms with E-state index in [0.717, 1.165) is 17.0 Å². The zero-order chi connectivity index (χ0) is 9.97. The molecule has 0 aliphatic heterocycles. The zero-order valence-electron chi connectivity index (χ0n) is 8.27. The number of aryl methyl sites for hydroxylation is 1. The fourth-order valence-corrected chi connectivity index (χ4v) is 1.33. The van der Waals surface area contributed by atoms with Crippen LogP contribution in [0.15, 0.2) is 36.5 Å². The molecule has 2 aromatic rings. The second-order valence-corrected chi connectivity index (χ2v) is 3.10. The Labute approximate surface area is 82.9 Å². The molecule has 0 saturated carbocycles. The van der Waals surface area contributed by atoms with Crippen LogP contribution in [-0.2, 0) is 7.05 Å². The minimum absolute atomic E-state index is 0.865. The van der Waals surface area contributed by atoms with Crippen molar-refractivity contribution < 1.29 is 4.74 Å². The molecule has 0 atom stereocenters. The van der Waals surface area contributed by atoms with Crippen molar-refractivity contribution in [3.05, 3.63) is 36.5 Å². The van der Waals surface area contributed by atoms with Gasteiger partial charge in [0.1, 0.15) is 5.75 Å². The summed E-state index contributed by atoms with van der Waals surface area (Å²) in [5.41, 5.74) is 2.08. The van der Waals surface area contributed by atoms with Crippen molar-refractivity contribution in [1.82, 2.24) is 9.78 Å². The Morgan fingerprint density at radius 2 is 1.86 bits per heavy atom. The van der Waals surface area contributed by atoms with Crippen LogP contribution in [0, 0.1) is 0 Å². The lowest BCUT2D eigenvalue weighted by Crippen LogP contribution is -1.88. The Hall–Kier alpha value is -1.77.